The molecule has 2 aromatic rings. The summed E-state index contributed by atoms with van der Waals surface area (Å²) in [6.45, 7) is 8.88. The Morgan fingerprint density at radius 3 is 2.28 bits per heavy atom. The highest BCUT2D eigenvalue weighted by Crippen LogP contribution is 2.23. The van der Waals surface area contributed by atoms with Crippen molar-refractivity contribution in [1.82, 2.24) is 14.9 Å². The van der Waals surface area contributed by atoms with E-state index in [-0.39, 0.29) is 43.3 Å². The Hall–Kier alpha value is -1.45. The van der Waals surface area contributed by atoms with Gasteiger partial charge in [-0.15, -0.1) is 48.0 Å². The number of carbonyl (C=O) groups is 2. The van der Waals surface area contributed by atoms with E-state index in [9.17, 15) is 9.59 Å². The van der Waals surface area contributed by atoms with Crippen molar-refractivity contribution >= 4 is 76.6 Å². The third-order valence-corrected chi connectivity index (χ3v) is 5.77. The molecule has 0 fully saturated rings. The summed E-state index contributed by atoms with van der Waals surface area (Å²) in [5.41, 5.74) is 8.94. The van der Waals surface area contributed by atoms with Crippen molar-refractivity contribution in [2.75, 3.05) is 29.7 Å². The lowest BCUT2D eigenvalue weighted by Gasteiger charge is -2.22. The molecule has 1 amide bonds. The predicted octanol–water partition coefficient (Wildman–Crippen LogP) is 4.05. The van der Waals surface area contributed by atoms with E-state index >= 15 is 0 Å². The number of benzene rings is 1. The number of esters is 1. The second-order valence-electron chi connectivity index (χ2n) is 9.11. The number of ether oxygens (including phenoxy) is 1. The highest BCUT2D eigenvalue weighted by Gasteiger charge is 2.27. The molecule has 0 unspecified atom stereocenters. The van der Waals surface area contributed by atoms with Gasteiger partial charge in [-0.3, -0.25) is 4.79 Å². The van der Waals surface area contributed by atoms with Crippen LogP contribution in [0.4, 0.5) is 5.69 Å². The highest BCUT2D eigenvalue weighted by molar-refractivity contribution is 6.18. The second kappa shape index (κ2) is 16.4. The zero-order chi connectivity index (χ0) is 25.4. The van der Waals surface area contributed by atoms with Crippen LogP contribution in [0, 0.1) is 5.92 Å². The van der Waals surface area contributed by atoms with Crippen LogP contribution in [-0.2, 0) is 27.8 Å². The topological polar surface area (TPSA) is 102 Å². The fraction of sp³-hybridized carbons (Fsp3) is 0.625. The normalized spacial score (nSPS) is 12.6. The summed E-state index contributed by atoms with van der Waals surface area (Å²) >= 11 is 11.9. The van der Waals surface area contributed by atoms with E-state index in [1.807, 2.05) is 43.7 Å². The van der Waals surface area contributed by atoms with Crippen LogP contribution >= 0.6 is 48.0 Å². The van der Waals surface area contributed by atoms with E-state index in [1.54, 1.807) is 13.8 Å². The lowest BCUT2D eigenvalue weighted by Crippen LogP contribution is -2.50. The lowest BCUT2D eigenvalue weighted by atomic mass is 10.0. The van der Waals surface area contributed by atoms with Crippen molar-refractivity contribution in [1.29, 1.82) is 0 Å². The number of nitrogens with two attached hydrogens (primary N) is 1. The van der Waals surface area contributed by atoms with Gasteiger partial charge in [0.05, 0.1) is 23.2 Å². The fourth-order valence-electron chi connectivity index (χ4n) is 3.76. The van der Waals surface area contributed by atoms with Gasteiger partial charge in [-0.1, -0.05) is 13.8 Å². The van der Waals surface area contributed by atoms with Crippen molar-refractivity contribution < 1.29 is 14.3 Å². The fourth-order valence-corrected chi connectivity index (χ4v) is 4.17. The van der Waals surface area contributed by atoms with Crippen molar-refractivity contribution in [2.45, 2.75) is 58.7 Å². The third-order valence-electron chi connectivity index (χ3n) is 5.43. The molecule has 0 aliphatic carbocycles. The van der Waals surface area contributed by atoms with E-state index < -0.39 is 24.0 Å². The monoisotopic (exact) mass is 585 g/mol. The van der Waals surface area contributed by atoms with Gasteiger partial charge in [0.15, 0.2) is 0 Å². The van der Waals surface area contributed by atoms with E-state index in [0.29, 0.717) is 37.1 Å². The molecule has 36 heavy (non-hydrogen) atoms. The minimum atomic E-state index is -0.861. The highest BCUT2D eigenvalue weighted by atomic mass is 35.5. The molecule has 0 saturated carbocycles. The Kier molecular flexibility index (Phi) is 15.7. The number of carbonyl (C=O) groups excluding carboxylic acids is 2. The van der Waals surface area contributed by atoms with Crippen molar-refractivity contribution in [3.63, 3.8) is 0 Å². The Bertz CT molecular complexity index is 965. The number of hydrogen-bond donors (Lipinski definition) is 2. The molecule has 0 bridgehead atoms. The number of aryl methyl sites for hydroxylation is 1. The van der Waals surface area contributed by atoms with Gasteiger partial charge >= 0.3 is 5.97 Å². The molecule has 0 spiro atoms. The van der Waals surface area contributed by atoms with Gasteiger partial charge in [-0.2, -0.15) is 0 Å². The number of nitrogens with zero attached hydrogens (tertiary/aromatic N) is 3. The Morgan fingerprint density at radius 2 is 1.75 bits per heavy atom. The third kappa shape index (κ3) is 9.78. The number of aromatic nitrogens is 2. The number of amides is 1. The molecule has 0 aliphatic heterocycles. The van der Waals surface area contributed by atoms with Gasteiger partial charge in [0.25, 0.3) is 0 Å². The van der Waals surface area contributed by atoms with Gasteiger partial charge in [0, 0.05) is 44.0 Å². The number of anilines is 1. The summed E-state index contributed by atoms with van der Waals surface area (Å²) in [4.78, 5) is 32.1. The Morgan fingerprint density at radius 1 is 1.14 bits per heavy atom. The number of halogens is 4. The first-order chi connectivity index (χ1) is 16.1. The molecule has 8 nitrogen and oxygen atoms in total. The average molecular weight is 587 g/mol. The molecular formula is C24H39Cl4N5O3. The number of fused-ring (bicyclic) bond motifs is 1. The predicted molar refractivity (Wildman–Crippen MR) is 153 cm³/mol. The van der Waals surface area contributed by atoms with Crippen molar-refractivity contribution in [3.8, 4) is 0 Å². The molecule has 3 N–H and O–H groups in total. The van der Waals surface area contributed by atoms with E-state index in [4.69, 9.17) is 38.7 Å². The maximum Gasteiger partial charge on any atom is 0.328 e. The second-order valence-corrected chi connectivity index (χ2v) is 9.87. The molecule has 1 aromatic carbocycles. The first-order valence-corrected chi connectivity index (χ1v) is 12.7. The molecule has 0 radical (unpaired) electrons. The van der Waals surface area contributed by atoms with Crippen LogP contribution in [0.15, 0.2) is 18.2 Å². The SMILES string of the molecule is CC(C)C[C@H](NC(=O)[C@@H](N)Cc1nc2cc(N(CCCl)CCCl)ccc2n1C)C(=O)OC(C)C.Cl.Cl. The van der Waals surface area contributed by atoms with Gasteiger partial charge in [0.2, 0.25) is 5.91 Å². The maximum atomic E-state index is 12.8. The summed E-state index contributed by atoms with van der Waals surface area (Å²) in [7, 11) is 1.89. The van der Waals surface area contributed by atoms with Crippen LogP contribution in [0.1, 0.15) is 39.9 Å². The molecule has 1 aromatic heterocycles. The summed E-state index contributed by atoms with van der Waals surface area (Å²) in [6, 6.07) is 4.39. The number of rotatable bonds is 13. The number of hydrogen-bond acceptors (Lipinski definition) is 6. The van der Waals surface area contributed by atoms with Gasteiger partial charge in [0.1, 0.15) is 11.9 Å². The van der Waals surface area contributed by atoms with Crippen molar-refractivity contribution in [3.05, 3.63) is 24.0 Å². The summed E-state index contributed by atoms with van der Waals surface area (Å²) in [5, 5.41) is 2.77. The molecule has 206 valence electrons. The van der Waals surface area contributed by atoms with Crippen LogP contribution < -0.4 is 16.0 Å². The summed E-state index contributed by atoms with van der Waals surface area (Å²) in [6.07, 6.45) is 0.440. The van der Waals surface area contributed by atoms with E-state index in [2.05, 4.69) is 10.2 Å². The minimum absolute atomic E-state index is 0. The molecule has 1 heterocycles. The number of alkyl halides is 2. The van der Waals surface area contributed by atoms with E-state index in [0.717, 1.165) is 16.7 Å². The Balaban J connectivity index is 0.00000612. The molecule has 0 aliphatic rings. The average Bonchev–Trinajstić information content (AvgIpc) is 3.06. The number of imidazole rings is 1. The van der Waals surface area contributed by atoms with E-state index in [1.165, 1.54) is 0 Å². The smallest absolute Gasteiger partial charge is 0.328 e. The van der Waals surface area contributed by atoms with Gasteiger partial charge in [-0.05, 0) is 44.4 Å². The largest absolute Gasteiger partial charge is 0.461 e. The maximum absolute atomic E-state index is 12.8. The quantitative estimate of drug-likeness (QED) is 0.271. The zero-order valence-corrected chi connectivity index (χ0v) is 24.6. The summed E-state index contributed by atoms with van der Waals surface area (Å²) < 4.78 is 7.23. The van der Waals surface area contributed by atoms with Gasteiger partial charge in [-0.25, -0.2) is 9.78 Å². The molecule has 0 saturated heterocycles. The van der Waals surface area contributed by atoms with Gasteiger partial charge < -0.3 is 25.3 Å². The van der Waals surface area contributed by atoms with Crippen LogP contribution in [0.25, 0.3) is 11.0 Å². The molecular weight excluding hydrogens is 548 g/mol. The Labute approximate surface area is 236 Å². The lowest BCUT2D eigenvalue weighted by molar-refractivity contribution is -0.152. The first-order valence-electron chi connectivity index (χ1n) is 11.7. The minimum Gasteiger partial charge on any atom is -0.461 e. The summed E-state index contributed by atoms with van der Waals surface area (Å²) in [5.74, 6) is 1.02. The van der Waals surface area contributed by atoms with Crippen LogP contribution in [-0.4, -0.2) is 64.5 Å². The van der Waals surface area contributed by atoms with Crippen LogP contribution in [0.5, 0.6) is 0 Å². The zero-order valence-electron chi connectivity index (χ0n) is 21.5. The van der Waals surface area contributed by atoms with Crippen LogP contribution in [0.3, 0.4) is 0 Å². The standard InChI is InChI=1S/C24H37Cl2N5O3.2ClH/c1-15(2)12-20(24(33)34-16(3)4)29-23(32)18(27)14-22-28-19-13-17(6-7-21(19)30(22)5)31(10-8-25)11-9-26;;/h6-7,13,15-16,18,20H,8-12,14,27H2,1-5H3,(H,29,32);2*1H/t18-,20-;;/m0../s1. The number of nitrogens with one attached hydrogen (secondary N) is 1. The van der Waals surface area contributed by atoms with Crippen molar-refractivity contribution in [2.24, 2.45) is 18.7 Å². The first kappa shape index (κ1) is 34.6. The molecule has 12 heteroatoms. The molecule has 2 rings (SSSR count). The molecule has 2 atom stereocenters. The van der Waals surface area contributed by atoms with Crippen LogP contribution in [0.2, 0.25) is 0 Å².